The van der Waals surface area contributed by atoms with Gasteiger partial charge in [-0.1, -0.05) is 217 Å². The fraction of sp³-hybridized carbons (Fsp3) is 0.857. The number of nitrogens with one attached hydrogen (secondary N) is 1. The fourth-order valence-electron chi connectivity index (χ4n) is 7.23. The molecule has 0 aliphatic carbocycles. The molecular formula is C49H93NO4. The second kappa shape index (κ2) is 44.3. The number of rotatable bonds is 43. The Hall–Kier alpha value is -1.43. The minimum Gasteiger partial charge on any atom is -0.394 e. The zero-order valence-electron chi connectivity index (χ0n) is 36.1. The predicted molar refractivity (Wildman–Crippen MR) is 236 cm³/mol. The summed E-state index contributed by atoms with van der Waals surface area (Å²) in [6.07, 6.45) is 55.9. The van der Waals surface area contributed by atoms with E-state index < -0.39 is 18.2 Å². The lowest BCUT2D eigenvalue weighted by atomic mass is 10.0. The highest BCUT2D eigenvalue weighted by atomic mass is 16.3. The number of amides is 1. The van der Waals surface area contributed by atoms with Gasteiger partial charge in [0.1, 0.15) is 0 Å². The van der Waals surface area contributed by atoms with Gasteiger partial charge in [-0.05, 0) is 57.8 Å². The van der Waals surface area contributed by atoms with E-state index in [9.17, 15) is 20.1 Å². The molecular weight excluding hydrogens is 667 g/mol. The van der Waals surface area contributed by atoms with Gasteiger partial charge in [0.15, 0.2) is 0 Å². The first kappa shape index (κ1) is 52.6. The molecule has 0 spiro atoms. The summed E-state index contributed by atoms with van der Waals surface area (Å²) in [5.41, 5.74) is 0. The Balaban J connectivity index is 3.67. The van der Waals surface area contributed by atoms with E-state index in [-0.39, 0.29) is 18.9 Å². The highest BCUT2D eigenvalue weighted by molar-refractivity contribution is 5.76. The number of aliphatic hydroxyl groups is 3. The van der Waals surface area contributed by atoms with E-state index in [4.69, 9.17) is 0 Å². The van der Waals surface area contributed by atoms with Crippen LogP contribution in [0.3, 0.4) is 0 Å². The summed E-state index contributed by atoms with van der Waals surface area (Å²) in [7, 11) is 0. The zero-order valence-corrected chi connectivity index (χ0v) is 36.1. The third-order valence-corrected chi connectivity index (χ3v) is 10.9. The lowest BCUT2D eigenvalue weighted by Crippen LogP contribution is -2.45. The van der Waals surface area contributed by atoms with Crippen molar-refractivity contribution >= 4 is 5.91 Å². The Morgan fingerprint density at radius 1 is 0.463 bits per heavy atom. The maximum atomic E-state index is 12.4. The topological polar surface area (TPSA) is 89.8 Å². The first-order valence-electron chi connectivity index (χ1n) is 23.8. The molecule has 0 aliphatic rings. The van der Waals surface area contributed by atoms with Crippen molar-refractivity contribution in [3.8, 4) is 0 Å². The Morgan fingerprint density at radius 2 is 0.796 bits per heavy atom. The average Bonchev–Trinajstić information content (AvgIpc) is 3.16. The molecule has 0 saturated carbocycles. The van der Waals surface area contributed by atoms with E-state index in [1.807, 2.05) is 6.08 Å². The van der Waals surface area contributed by atoms with Gasteiger partial charge in [0.05, 0.1) is 31.3 Å². The number of hydrogen-bond acceptors (Lipinski definition) is 4. The van der Waals surface area contributed by atoms with Crippen molar-refractivity contribution in [1.82, 2.24) is 5.32 Å². The van der Waals surface area contributed by atoms with Crippen LogP contribution in [0, 0.1) is 0 Å². The Labute approximate surface area is 336 Å². The molecule has 0 rings (SSSR count). The minimum atomic E-state index is -0.954. The van der Waals surface area contributed by atoms with Gasteiger partial charge >= 0.3 is 0 Å². The molecule has 1 amide bonds. The van der Waals surface area contributed by atoms with Crippen molar-refractivity contribution < 1.29 is 20.1 Å². The number of unbranched alkanes of at least 4 members (excludes halogenated alkanes) is 30. The molecule has 318 valence electrons. The van der Waals surface area contributed by atoms with Gasteiger partial charge in [0.25, 0.3) is 0 Å². The summed E-state index contributed by atoms with van der Waals surface area (Å²) >= 11 is 0. The normalized spacial score (nSPS) is 13.8. The van der Waals surface area contributed by atoms with Crippen molar-refractivity contribution in [3.05, 3.63) is 36.5 Å². The summed E-state index contributed by atoms with van der Waals surface area (Å²) in [6.45, 7) is 4.20. The van der Waals surface area contributed by atoms with Gasteiger partial charge in [-0.3, -0.25) is 4.79 Å². The monoisotopic (exact) mass is 760 g/mol. The predicted octanol–water partition coefficient (Wildman–Crippen LogP) is 13.9. The second-order valence-electron chi connectivity index (χ2n) is 16.4. The van der Waals surface area contributed by atoms with Gasteiger partial charge in [-0.25, -0.2) is 0 Å². The van der Waals surface area contributed by atoms with Crippen molar-refractivity contribution in [1.29, 1.82) is 0 Å². The first-order chi connectivity index (χ1) is 26.5. The van der Waals surface area contributed by atoms with Crippen molar-refractivity contribution in [2.45, 2.75) is 263 Å². The van der Waals surface area contributed by atoms with E-state index in [2.05, 4.69) is 43.5 Å². The zero-order chi connectivity index (χ0) is 39.4. The van der Waals surface area contributed by atoms with E-state index in [0.717, 1.165) is 44.9 Å². The van der Waals surface area contributed by atoms with E-state index in [0.29, 0.717) is 6.42 Å². The standard InChI is InChI=1S/C49H93NO4/c1-3-5-7-9-11-13-15-17-19-20-21-22-23-24-25-26-27-29-31-33-35-37-39-41-43-48(53)47(45-51)50-49(54)44-46(52)42-40-38-36-34-32-30-28-18-16-14-12-10-8-6-4-2/h18,28,33,35,41,43,46-48,51-53H,3-17,19-27,29-32,34,36-40,42,44-45H2,1-2H3,(H,50,54)/b28-18-,35-33+,43-41+. The summed E-state index contributed by atoms with van der Waals surface area (Å²) in [4.78, 5) is 12.4. The maximum Gasteiger partial charge on any atom is 0.222 e. The summed E-state index contributed by atoms with van der Waals surface area (Å²) in [5.74, 6) is -0.329. The molecule has 0 heterocycles. The van der Waals surface area contributed by atoms with Crippen LogP contribution in [0.1, 0.15) is 245 Å². The van der Waals surface area contributed by atoms with Crippen LogP contribution in [0.5, 0.6) is 0 Å². The van der Waals surface area contributed by atoms with Crippen LogP contribution >= 0.6 is 0 Å². The lowest BCUT2D eigenvalue weighted by Gasteiger charge is -2.20. The molecule has 3 atom stereocenters. The van der Waals surface area contributed by atoms with Crippen LogP contribution < -0.4 is 5.32 Å². The lowest BCUT2D eigenvalue weighted by molar-refractivity contribution is -0.124. The number of carbonyl (C=O) groups excluding carboxylic acids is 1. The molecule has 0 saturated heterocycles. The van der Waals surface area contributed by atoms with Crippen LogP contribution in [0.4, 0.5) is 0 Å². The van der Waals surface area contributed by atoms with E-state index in [1.54, 1.807) is 6.08 Å². The molecule has 0 radical (unpaired) electrons. The number of hydrogen-bond donors (Lipinski definition) is 4. The van der Waals surface area contributed by atoms with Gasteiger partial charge in [-0.2, -0.15) is 0 Å². The van der Waals surface area contributed by atoms with Crippen molar-refractivity contribution in [2.75, 3.05) is 6.61 Å². The smallest absolute Gasteiger partial charge is 0.222 e. The first-order valence-corrected chi connectivity index (χ1v) is 23.8. The highest BCUT2D eigenvalue weighted by Gasteiger charge is 2.20. The van der Waals surface area contributed by atoms with E-state index >= 15 is 0 Å². The van der Waals surface area contributed by atoms with Gasteiger partial charge in [-0.15, -0.1) is 0 Å². The van der Waals surface area contributed by atoms with Crippen LogP contribution in [0.15, 0.2) is 36.5 Å². The maximum absolute atomic E-state index is 12.4. The van der Waals surface area contributed by atoms with Crippen LogP contribution in [-0.4, -0.2) is 46.1 Å². The molecule has 54 heavy (non-hydrogen) atoms. The minimum absolute atomic E-state index is 0.000598. The van der Waals surface area contributed by atoms with Crippen molar-refractivity contribution in [2.24, 2.45) is 0 Å². The van der Waals surface area contributed by atoms with Gasteiger partial charge in [0, 0.05) is 0 Å². The van der Waals surface area contributed by atoms with E-state index in [1.165, 1.54) is 173 Å². The Kier molecular flexibility index (Phi) is 43.1. The molecule has 0 aromatic carbocycles. The highest BCUT2D eigenvalue weighted by Crippen LogP contribution is 2.16. The van der Waals surface area contributed by atoms with Crippen LogP contribution in [0.2, 0.25) is 0 Å². The largest absolute Gasteiger partial charge is 0.394 e. The summed E-state index contributed by atoms with van der Waals surface area (Å²) in [5, 5.41) is 33.2. The SMILES string of the molecule is CCCCCCCC/C=C\CCCCCCCC(O)CC(=O)NC(CO)C(O)/C=C/CC/C=C/CCCCCCCCCCCCCCCCCCCC. The number of allylic oxidation sites excluding steroid dienone is 5. The third kappa shape index (κ3) is 40.2. The molecule has 0 aromatic rings. The fourth-order valence-corrected chi connectivity index (χ4v) is 7.23. The van der Waals surface area contributed by atoms with Gasteiger partial charge in [0.2, 0.25) is 5.91 Å². The second-order valence-corrected chi connectivity index (χ2v) is 16.4. The third-order valence-electron chi connectivity index (χ3n) is 10.9. The molecule has 4 N–H and O–H groups in total. The molecule has 0 aliphatic heterocycles. The molecule has 0 bridgehead atoms. The summed E-state index contributed by atoms with van der Waals surface area (Å²) < 4.78 is 0. The molecule has 5 heteroatoms. The molecule has 3 unspecified atom stereocenters. The van der Waals surface area contributed by atoms with Crippen LogP contribution in [0.25, 0.3) is 0 Å². The quantitative estimate of drug-likeness (QED) is 0.0368. The van der Waals surface area contributed by atoms with Crippen LogP contribution in [-0.2, 0) is 4.79 Å². The molecule has 0 aromatic heterocycles. The molecule has 0 fully saturated rings. The average molecular weight is 760 g/mol. The van der Waals surface area contributed by atoms with Gasteiger partial charge < -0.3 is 20.6 Å². The Bertz CT molecular complexity index is 840. The number of carbonyl (C=O) groups is 1. The number of aliphatic hydroxyl groups excluding tert-OH is 3. The summed E-state index contributed by atoms with van der Waals surface area (Å²) in [6, 6.07) is -0.763. The molecule has 5 nitrogen and oxygen atoms in total. The Morgan fingerprint density at radius 3 is 1.19 bits per heavy atom. The van der Waals surface area contributed by atoms with Crippen molar-refractivity contribution in [3.63, 3.8) is 0 Å².